The van der Waals surface area contributed by atoms with Crippen LogP contribution in [0.1, 0.15) is 51.9 Å². The van der Waals surface area contributed by atoms with Crippen molar-refractivity contribution in [3.63, 3.8) is 0 Å². The summed E-state index contributed by atoms with van der Waals surface area (Å²) in [5.74, 6) is -0.910. The van der Waals surface area contributed by atoms with Gasteiger partial charge in [-0.3, -0.25) is 4.79 Å². The van der Waals surface area contributed by atoms with E-state index in [0.717, 1.165) is 51.5 Å². The number of carbonyl (C=O) groups is 2. The highest BCUT2D eigenvalue weighted by molar-refractivity contribution is 5.81. The Morgan fingerprint density at radius 3 is 2.11 bits per heavy atom. The Bertz CT molecular complexity index is 336. The molecule has 5 nitrogen and oxygen atoms in total. The van der Waals surface area contributed by atoms with Gasteiger partial charge in [-0.15, -0.1) is 0 Å². The largest absolute Gasteiger partial charge is 0.480 e. The Labute approximate surface area is 114 Å². The van der Waals surface area contributed by atoms with Gasteiger partial charge >= 0.3 is 12.0 Å². The van der Waals surface area contributed by atoms with E-state index < -0.39 is 5.97 Å². The molecule has 108 valence electrons. The van der Waals surface area contributed by atoms with Crippen molar-refractivity contribution in [2.45, 2.75) is 64.0 Å². The van der Waals surface area contributed by atoms with Gasteiger partial charge in [0.25, 0.3) is 0 Å². The zero-order chi connectivity index (χ0) is 13.8. The van der Waals surface area contributed by atoms with E-state index in [9.17, 15) is 9.59 Å². The number of amides is 2. The van der Waals surface area contributed by atoms with E-state index in [1.54, 1.807) is 4.90 Å². The summed E-state index contributed by atoms with van der Waals surface area (Å²) in [5.41, 5.74) is 0. The maximum atomic E-state index is 12.6. The molecule has 0 aromatic heterocycles. The fourth-order valence-corrected chi connectivity index (χ4v) is 2.94. The number of rotatable bonds is 6. The molecule has 2 aliphatic carbocycles. The first-order valence-corrected chi connectivity index (χ1v) is 7.42. The van der Waals surface area contributed by atoms with Crippen LogP contribution < -0.4 is 0 Å². The molecule has 19 heavy (non-hydrogen) atoms. The van der Waals surface area contributed by atoms with Crippen molar-refractivity contribution in [1.82, 2.24) is 9.80 Å². The number of nitrogens with zero attached hydrogens (tertiary/aromatic N) is 2. The lowest BCUT2D eigenvalue weighted by Crippen LogP contribution is -2.50. The predicted octanol–water partition coefficient (Wildman–Crippen LogP) is 2.31. The third-order valence-corrected chi connectivity index (χ3v) is 4.01. The minimum absolute atomic E-state index is 0.0568. The van der Waals surface area contributed by atoms with Crippen LogP contribution in [0.25, 0.3) is 0 Å². The second-order valence-electron chi connectivity index (χ2n) is 5.67. The molecule has 1 N–H and O–H groups in total. The van der Waals surface area contributed by atoms with Crippen molar-refractivity contribution in [2.75, 3.05) is 13.1 Å². The van der Waals surface area contributed by atoms with Crippen LogP contribution in [0.4, 0.5) is 4.79 Å². The van der Waals surface area contributed by atoms with Crippen LogP contribution in [-0.4, -0.2) is 52.1 Å². The molecule has 5 heteroatoms. The highest BCUT2D eigenvalue weighted by Gasteiger charge is 2.37. The minimum atomic E-state index is -0.910. The fourth-order valence-electron chi connectivity index (χ4n) is 2.94. The molecular weight excluding hydrogens is 244 g/mol. The van der Waals surface area contributed by atoms with Crippen molar-refractivity contribution >= 4 is 12.0 Å². The molecule has 0 unspecified atom stereocenters. The smallest absolute Gasteiger partial charge is 0.323 e. The van der Waals surface area contributed by atoms with Crippen LogP contribution in [0.3, 0.4) is 0 Å². The van der Waals surface area contributed by atoms with Crippen LogP contribution in [-0.2, 0) is 4.79 Å². The van der Waals surface area contributed by atoms with Crippen molar-refractivity contribution in [3.8, 4) is 0 Å². The van der Waals surface area contributed by atoms with E-state index in [1.165, 1.54) is 0 Å². The Morgan fingerprint density at radius 2 is 1.63 bits per heavy atom. The summed E-state index contributed by atoms with van der Waals surface area (Å²) in [6.45, 7) is 2.64. The molecule has 0 heterocycles. The molecule has 0 aromatic carbocycles. The summed E-state index contributed by atoms with van der Waals surface area (Å²) in [6, 6.07) is 0.422. The number of carboxylic acid groups (broad SMARTS) is 1. The lowest BCUT2D eigenvalue weighted by molar-refractivity contribution is -0.138. The van der Waals surface area contributed by atoms with Crippen molar-refractivity contribution in [2.24, 2.45) is 0 Å². The monoisotopic (exact) mass is 268 g/mol. The summed E-state index contributed by atoms with van der Waals surface area (Å²) < 4.78 is 0. The molecule has 0 aliphatic heterocycles. The normalized spacial score (nSPS) is 19.4. The fraction of sp³-hybridized carbons (Fsp3) is 0.857. The Hall–Kier alpha value is -1.26. The Morgan fingerprint density at radius 1 is 1.05 bits per heavy atom. The lowest BCUT2D eigenvalue weighted by Gasteiger charge is -2.33. The van der Waals surface area contributed by atoms with Crippen LogP contribution >= 0.6 is 0 Å². The summed E-state index contributed by atoms with van der Waals surface area (Å²) in [5, 5.41) is 9.05. The molecule has 2 saturated carbocycles. The van der Waals surface area contributed by atoms with Gasteiger partial charge in [-0.05, 0) is 32.1 Å². The first kappa shape index (κ1) is 14.2. The summed E-state index contributed by atoms with van der Waals surface area (Å²) in [6.07, 6.45) is 7.16. The number of carboxylic acids is 1. The van der Waals surface area contributed by atoms with Gasteiger partial charge in [0.05, 0.1) is 0 Å². The third-order valence-electron chi connectivity index (χ3n) is 4.01. The van der Waals surface area contributed by atoms with Crippen molar-refractivity contribution < 1.29 is 14.7 Å². The van der Waals surface area contributed by atoms with Crippen LogP contribution in [0, 0.1) is 0 Å². The highest BCUT2D eigenvalue weighted by atomic mass is 16.4. The summed E-state index contributed by atoms with van der Waals surface area (Å²) in [4.78, 5) is 27.1. The second kappa shape index (κ2) is 6.26. The molecule has 0 radical (unpaired) electrons. The molecule has 0 aromatic rings. The van der Waals surface area contributed by atoms with E-state index in [2.05, 4.69) is 6.92 Å². The zero-order valence-electron chi connectivity index (χ0n) is 11.7. The number of hydrogen-bond acceptors (Lipinski definition) is 2. The Balaban J connectivity index is 2.06. The van der Waals surface area contributed by atoms with E-state index in [0.29, 0.717) is 6.04 Å². The molecule has 0 spiro atoms. The molecule has 0 atom stereocenters. The standard InChI is InChI=1S/C14H24N2O3/c1-2-9-15(12-7-8-12)14(19)16(10-13(17)18)11-5-3-4-6-11/h11-12H,2-10H2,1H3,(H,17,18). The van der Waals surface area contributed by atoms with Gasteiger partial charge in [-0.25, -0.2) is 4.79 Å². The van der Waals surface area contributed by atoms with Crippen molar-refractivity contribution in [3.05, 3.63) is 0 Å². The van der Waals surface area contributed by atoms with Crippen LogP contribution in [0.15, 0.2) is 0 Å². The number of urea groups is 1. The number of carbonyl (C=O) groups excluding carboxylic acids is 1. The molecule has 2 fully saturated rings. The number of aliphatic carboxylic acids is 1. The third kappa shape index (κ3) is 3.61. The topological polar surface area (TPSA) is 60.9 Å². The molecule has 0 bridgehead atoms. The summed E-state index contributed by atoms with van der Waals surface area (Å²) >= 11 is 0. The first-order valence-electron chi connectivity index (χ1n) is 7.42. The minimum Gasteiger partial charge on any atom is -0.480 e. The summed E-state index contributed by atoms with van der Waals surface area (Å²) in [7, 11) is 0. The predicted molar refractivity (Wildman–Crippen MR) is 72.0 cm³/mol. The lowest BCUT2D eigenvalue weighted by atomic mass is 10.2. The van der Waals surface area contributed by atoms with E-state index in [4.69, 9.17) is 5.11 Å². The molecule has 2 aliphatic rings. The SMILES string of the molecule is CCCN(C(=O)N(CC(=O)O)C1CCCC1)C1CC1. The Kier molecular flexibility index (Phi) is 4.66. The van der Waals surface area contributed by atoms with Gasteiger partial charge in [0.2, 0.25) is 0 Å². The highest BCUT2D eigenvalue weighted by Crippen LogP contribution is 2.30. The maximum absolute atomic E-state index is 12.6. The van der Waals surface area contributed by atoms with Crippen LogP contribution in [0.2, 0.25) is 0 Å². The van der Waals surface area contributed by atoms with Gasteiger partial charge in [-0.2, -0.15) is 0 Å². The van der Waals surface area contributed by atoms with E-state index >= 15 is 0 Å². The quantitative estimate of drug-likeness (QED) is 0.804. The van der Waals surface area contributed by atoms with Gasteiger partial charge in [-0.1, -0.05) is 19.8 Å². The van der Waals surface area contributed by atoms with E-state index in [-0.39, 0.29) is 18.6 Å². The van der Waals surface area contributed by atoms with Crippen molar-refractivity contribution in [1.29, 1.82) is 0 Å². The van der Waals surface area contributed by atoms with Gasteiger partial charge < -0.3 is 14.9 Å². The molecule has 2 amide bonds. The van der Waals surface area contributed by atoms with E-state index in [1.807, 2.05) is 4.90 Å². The van der Waals surface area contributed by atoms with Gasteiger partial charge in [0, 0.05) is 18.6 Å². The number of hydrogen-bond donors (Lipinski definition) is 1. The second-order valence-corrected chi connectivity index (χ2v) is 5.67. The first-order chi connectivity index (χ1) is 9.13. The molecule has 2 rings (SSSR count). The molecule has 0 saturated heterocycles. The van der Waals surface area contributed by atoms with Crippen LogP contribution in [0.5, 0.6) is 0 Å². The molecular formula is C14H24N2O3. The zero-order valence-corrected chi connectivity index (χ0v) is 11.7. The average molecular weight is 268 g/mol. The maximum Gasteiger partial charge on any atom is 0.323 e. The van der Waals surface area contributed by atoms with Gasteiger partial charge in [0.15, 0.2) is 0 Å². The van der Waals surface area contributed by atoms with Gasteiger partial charge in [0.1, 0.15) is 6.54 Å². The average Bonchev–Trinajstić information content (AvgIpc) is 3.06.